The Labute approximate surface area is 121 Å². The van der Waals surface area contributed by atoms with E-state index in [1.54, 1.807) is 0 Å². The van der Waals surface area contributed by atoms with Crippen LogP contribution in [0.25, 0.3) is 0 Å². The van der Waals surface area contributed by atoms with Crippen LogP contribution in [0.3, 0.4) is 0 Å². The van der Waals surface area contributed by atoms with Crippen LogP contribution in [0.1, 0.15) is 39.2 Å². The molecule has 20 heavy (non-hydrogen) atoms. The van der Waals surface area contributed by atoms with Gasteiger partial charge in [0.15, 0.2) is 0 Å². The van der Waals surface area contributed by atoms with Gasteiger partial charge in [-0.05, 0) is 31.0 Å². The fraction of sp³-hybridized carbons (Fsp3) is 0.562. The highest BCUT2D eigenvalue weighted by atomic mass is 16.3. The smallest absolute Gasteiger partial charge is 0.224 e. The van der Waals surface area contributed by atoms with Crippen LogP contribution < -0.4 is 10.6 Å². The average molecular weight is 278 g/mol. The number of carbonyl (C=O) groups is 1. The molecular weight excluding hydrogens is 252 g/mol. The van der Waals surface area contributed by atoms with Crippen molar-refractivity contribution in [1.29, 1.82) is 0 Å². The first-order valence-corrected chi connectivity index (χ1v) is 7.20. The van der Waals surface area contributed by atoms with Crippen molar-refractivity contribution in [3.63, 3.8) is 0 Å². The summed E-state index contributed by atoms with van der Waals surface area (Å²) >= 11 is 0. The van der Waals surface area contributed by atoms with Crippen LogP contribution in [-0.4, -0.2) is 24.2 Å². The SMILES string of the molecule is CCC(=O)Nc1cccc(NCC(C)(CC)CO)c1C. The number of aliphatic hydroxyl groups is 1. The minimum Gasteiger partial charge on any atom is -0.396 e. The van der Waals surface area contributed by atoms with Crippen molar-refractivity contribution in [3.8, 4) is 0 Å². The van der Waals surface area contributed by atoms with E-state index in [0.29, 0.717) is 13.0 Å². The van der Waals surface area contributed by atoms with Crippen molar-refractivity contribution >= 4 is 17.3 Å². The Kier molecular flexibility index (Phi) is 6.02. The van der Waals surface area contributed by atoms with Crippen molar-refractivity contribution < 1.29 is 9.90 Å². The highest BCUT2D eigenvalue weighted by molar-refractivity contribution is 5.92. The highest BCUT2D eigenvalue weighted by Gasteiger charge is 2.21. The largest absolute Gasteiger partial charge is 0.396 e. The van der Waals surface area contributed by atoms with E-state index in [4.69, 9.17) is 0 Å². The molecule has 1 amide bonds. The molecule has 112 valence electrons. The molecule has 0 radical (unpaired) electrons. The summed E-state index contributed by atoms with van der Waals surface area (Å²) in [6.07, 6.45) is 1.37. The molecule has 0 aliphatic heterocycles. The fourth-order valence-electron chi connectivity index (χ4n) is 1.80. The van der Waals surface area contributed by atoms with E-state index in [-0.39, 0.29) is 17.9 Å². The van der Waals surface area contributed by atoms with E-state index in [0.717, 1.165) is 23.4 Å². The van der Waals surface area contributed by atoms with Gasteiger partial charge in [0, 0.05) is 29.8 Å². The van der Waals surface area contributed by atoms with Crippen molar-refractivity contribution in [2.24, 2.45) is 5.41 Å². The summed E-state index contributed by atoms with van der Waals surface area (Å²) in [5.41, 5.74) is 2.72. The number of benzene rings is 1. The molecule has 0 saturated carbocycles. The average Bonchev–Trinajstić information content (AvgIpc) is 2.47. The zero-order valence-corrected chi connectivity index (χ0v) is 12.9. The standard InChI is InChI=1S/C16H26N2O2/c1-5-15(20)18-14-9-7-8-13(12(14)3)17-10-16(4,6-2)11-19/h7-9,17,19H,5-6,10-11H2,1-4H3,(H,18,20). The fourth-order valence-corrected chi connectivity index (χ4v) is 1.80. The number of hydrogen-bond donors (Lipinski definition) is 3. The van der Waals surface area contributed by atoms with Gasteiger partial charge in [0.1, 0.15) is 0 Å². The van der Waals surface area contributed by atoms with Gasteiger partial charge in [0.2, 0.25) is 5.91 Å². The van der Waals surface area contributed by atoms with Gasteiger partial charge < -0.3 is 15.7 Å². The van der Waals surface area contributed by atoms with Crippen LogP contribution in [0.4, 0.5) is 11.4 Å². The van der Waals surface area contributed by atoms with Gasteiger partial charge in [-0.1, -0.05) is 26.8 Å². The number of aliphatic hydroxyl groups excluding tert-OH is 1. The van der Waals surface area contributed by atoms with Crippen LogP contribution in [0.2, 0.25) is 0 Å². The molecule has 1 rings (SSSR count). The zero-order valence-electron chi connectivity index (χ0n) is 12.9. The Bertz CT molecular complexity index is 454. The quantitative estimate of drug-likeness (QED) is 0.718. The van der Waals surface area contributed by atoms with Gasteiger partial charge in [-0.25, -0.2) is 0 Å². The predicted molar refractivity (Wildman–Crippen MR) is 84.1 cm³/mol. The first kappa shape index (κ1) is 16.5. The van der Waals surface area contributed by atoms with Crippen LogP contribution in [-0.2, 0) is 4.79 Å². The number of hydrogen-bond acceptors (Lipinski definition) is 3. The van der Waals surface area contributed by atoms with Crippen LogP contribution >= 0.6 is 0 Å². The van der Waals surface area contributed by atoms with Crippen LogP contribution in [0.15, 0.2) is 18.2 Å². The highest BCUT2D eigenvalue weighted by Crippen LogP contribution is 2.26. The Balaban J connectivity index is 2.81. The summed E-state index contributed by atoms with van der Waals surface area (Å²) in [5, 5.41) is 15.7. The number of carbonyl (C=O) groups excluding carboxylic acids is 1. The minimum atomic E-state index is -0.130. The predicted octanol–water partition coefficient (Wildman–Crippen LogP) is 3.16. The van der Waals surface area contributed by atoms with Crippen molar-refractivity contribution in [1.82, 2.24) is 0 Å². The molecule has 0 aromatic heterocycles. The van der Waals surface area contributed by atoms with Crippen molar-refractivity contribution in [2.45, 2.75) is 40.5 Å². The van der Waals surface area contributed by atoms with Gasteiger partial charge >= 0.3 is 0 Å². The summed E-state index contributed by atoms with van der Waals surface area (Å²) in [5.74, 6) is 0.0130. The van der Waals surface area contributed by atoms with Gasteiger partial charge in [-0.3, -0.25) is 4.79 Å². The van der Waals surface area contributed by atoms with E-state index >= 15 is 0 Å². The first-order chi connectivity index (χ1) is 9.45. The Hall–Kier alpha value is -1.55. The molecule has 0 bridgehead atoms. The molecule has 0 heterocycles. The van der Waals surface area contributed by atoms with Crippen LogP contribution in [0, 0.1) is 12.3 Å². The maximum Gasteiger partial charge on any atom is 0.224 e. The molecular formula is C16H26N2O2. The van der Waals surface area contributed by atoms with Crippen LogP contribution in [0.5, 0.6) is 0 Å². The second-order valence-electron chi connectivity index (χ2n) is 5.56. The van der Waals surface area contributed by atoms with E-state index in [1.165, 1.54) is 0 Å². The van der Waals surface area contributed by atoms with Gasteiger partial charge in [0.05, 0.1) is 6.61 Å². The number of anilines is 2. The molecule has 0 saturated heterocycles. The summed E-state index contributed by atoms with van der Waals surface area (Å²) in [4.78, 5) is 11.5. The van der Waals surface area contributed by atoms with E-state index in [9.17, 15) is 9.90 Å². The molecule has 4 heteroatoms. The molecule has 0 fully saturated rings. The molecule has 1 aromatic rings. The van der Waals surface area contributed by atoms with Gasteiger partial charge in [0.25, 0.3) is 0 Å². The molecule has 1 atom stereocenters. The van der Waals surface area contributed by atoms with E-state index in [2.05, 4.69) is 24.5 Å². The lowest BCUT2D eigenvalue weighted by atomic mass is 9.88. The second-order valence-corrected chi connectivity index (χ2v) is 5.56. The topological polar surface area (TPSA) is 61.4 Å². The number of rotatable bonds is 7. The number of nitrogens with one attached hydrogen (secondary N) is 2. The molecule has 0 aliphatic carbocycles. The lowest BCUT2D eigenvalue weighted by molar-refractivity contribution is -0.115. The summed E-state index contributed by atoms with van der Waals surface area (Å²) < 4.78 is 0. The first-order valence-electron chi connectivity index (χ1n) is 7.20. The summed E-state index contributed by atoms with van der Waals surface area (Å²) in [7, 11) is 0. The monoisotopic (exact) mass is 278 g/mol. The lowest BCUT2D eigenvalue weighted by Gasteiger charge is -2.27. The molecule has 0 aliphatic rings. The third-order valence-corrected chi connectivity index (χ3v) is 3.87. The van der Waals surface area contributed by atoms with Crippen molar-refractivity contribution in [3.05, 3.63) is 23.8 Å². The normalized spacial score (nSPS) is 13.7. The molecule has 1 unspecified atom stereocenters. The third kappa shape index (κ3) is 4.23. The maximum atomic E-state index is 11.5. The molecule has 0 spiro atoms. The Morgan fingerprint density at radius 1 is 1.30 bits per heavy atom. The minimum absolute atomic E-state index is 0.0130. The molecule has 4 nitrogen and oxygen atoms in total. The number of amides is 1. The van der Waals surface area contributed by atoms with Gasteiger partial charge in [-0.2, -0.15) is 0 Å². The van der Waals surface area contributed by atoms with E-state index < -0.39 is 0 Å². The molecule has 3 N–H and O–H groups in total. The Morgan fingerprint density at radius 3 is 2.50 bits per heavy atom. The summed E-state index contributed by atoms with van der Waals surface area (Å²) in [6, 6.07) is 5.81. The van der Waals surface area contributed by atoms with Crippen molar-refractivity contribution in [2.75, 3.05) is 23.8 Å². The zero-order chi connectivity index (χ0) is 15.2. The Morgan fingerprint density at radius 2 is 1.95 bits per heavy atom. The van der Waals surface area contributed by atoms with Gasteiger partial charge in [-0.15, -0.1) is 0 Å². The molecule has 1 aromatic carbocycles. The van der Waals surface area contributed by atoms with E-state index in [1.807, 2.05) is 32.0 Å². The third-order valence-electron chi connectivity index (χ3n) is 3.87. The summed E-state index contributed by atoms with van der Waals surface area (Å²) in [6.45, 7) is 8.80. The maximum absolute atomic E-state index is 11.5. The second kappa shape index (κ2) is 7.29. The lowest BCUT2D eigenvalue weighted by Crippen LogP contribution is -2.29.